The number of alkyl carbamates (subject to hydrolysis) is 1. The van der Waals surface area contributed by atoms with E-state index in [9.17, 15) is 4.79 Å². The summed E-state index contributed by atoms with van der Waals surface area (Å²) in [5.41, 5.74) is 7.72. The quantitative estimate of drug-likeness (QED) is 0.691. The van der Waals surface area contributed by atoms with E-state index in [1.807, 2.05) is 45.2 Å². The molecule has 2 rings (SSSR count). The van der Waals surface area contributed by atoms with Gasteiger partial charge in [0.2, 0.25) is 0 Å². The lowest BCUT2D eigenvalue weighted by atomic mass is 10.1. The average molecular weight is 401 g/mol. The maximum absolute atomic E-state index is 11.7. The highest BCUT2D eigenvalue weighted by molar-refractivity contribution is 14.1. The van der Waals surface area contributed by atoms with Crippen molar-refractivity contribution < 1.29 is 9.53 Å². The summed E-state index contributed by atoms with van der Waals surface area (Å²) < 4.78 is 6.34. The van der Waals surface area contributed by atoms with Crippen LogP contribution < -0.4 is 11.1 Å². The van der Waals surface area contributed by atoms with E-state index in [0.29, 0.717) is 6.54 Å². The number of carbonyl (C=O) groups excluding carboxylic acids is 1. The third kappa shape index (κ3) is 4.10. The van der Waals surface area contributed by atoms with E-state index in [0.717, 1.165) is 20.0 Å². The maximum atomic E-state index is 11.7. The van der Waals surface area contributed by atoms with Crippen LogP contribution in [0.15, 0.2) is 24.4 Å². The second-order valence-electron chi connectivity index (χ2n) is 5.90. The Morgan fingerprint density at radius 2 is 2.19 bits per heavy atom. The Hall–Kier alpha value is -1.28. The Kier molecular flexibility index (Phi) is 4.77. The van der Waals surface area contributed by atoms with Crippen LogP contribution in [0.2, 0.25) is 0 Å². The van der Waals surface area contributed by atoms with Crippen LogP contribution in [0.1, 0.15) is 32.4 Å². The first kappa shape index (κ1) is 16.1. The predicted octanol–water partition coefficient (Wildman–Crippen LogP) is 3.30. The van der Waals surface area contributed by atoms with Gasteiger partial charge < -0.3 is 20.8 Å². The highest BCUT2D eigenvalue weighted by Gasteiger charge is 2.18. The highest BCUT2D eigenvalue weighted by Crippen LogP contribution is 2.27. The third-order valence-corrected chi connectivity index (χ3v) is 3.85. The van der Waals surface area contributed by atoms with Crippen molar-refractivity contribution in [1.82, 2.24) is 10.3 Å². The van der Waals surface area contributed by atoms with Crippen molar-refractivity contribution >= 4 is 39.6 Å². The number of amides is 1. The molecule has 0 saturated carbocycles. The minimum absolute atomic E-state index is 0.290. The molecule has 1 atom stereocenters. The van der Waals surface area contributed by atoms with E-state index >= 15 is 0 Å². The molecule has 6 heteroatoms. The molecule has 0 aliphatic heterocycles. The summed E-state index contributed by atoms with van der Waals surface area (Å²) in [6.45, 7) is 5.81. The number of aromatic amines is 1. The molecule has 0 saturated heterocycles. The van der Waals surface area contributed by atoms with Crippen molar-refractivity contribution in [3.8, 4) is 0 Å². The molecule has 1 aromatic carbocycles. The molecule has 1 amide bonds. The fourth-order valence-electron chi connectivity index (χ4n) is 2.08. The number of nitrogens with two attached hydrogens (primary N) is 1. The minimum Gasteiger partial charge on any atom is -0.444 e. The number of benzene rings is 1. The van der Waals surface area contributed by atoms with Crippen LogP contribution in [0.5, 0.6) is 0 Å². The van der Waals surface area contributed by atoms with E-state index in [2.05, 4.69) is 32.9 Å². The number of carbonyl (C=O) groups is 1. The van der Waals surface area contributed by atoms with Crippen LogP contribution in [0.25, 0.3) is 10.9 Å². The molecule has 0 fully saturated rings. The first-order valence-corrected chi connectivity index (χ1v) is 7.84. The van der Waals surface area contributed by atoms with Crippen molar-refractivity contribution in [3.05, 3.63) is 33.5 Å². The average Bonchev–Trinajstić information content (AvgIpc) is 2.79. The number of nitrogens with one attached hydrogen (secondary N) is 2. The molecular formula is C15H20IN3O2. The lowest BCUT2D eigenvalue weighted by molar-refractivity contribution is 0.0524. The second kappa shape index (κ2) is 6.23. The number of hydrogen-bond donors (Lipinski definition) is 3. The molecule has 0 spiro atoms. The van der Waals surface area contributed by atoms with Crippen molar-refractivity contribution in [3.63, 3.8) is 0 Å². The Morgan fingerprint density at radius 3 is 2.86 bits per heavy atom. The smallest absolute Gasteiger partial charge is 0.407 e. The summed E-state index contributed by atoms with van der Waals surface area (Å²) in [5, 5.41) is 3.82. The zero-order valence-corrected chi connectivity index (χ0v) is 14.5. The Morgan fingerprint density at radius 1 is 1.48 bits per heavy atom. The molecule has 1 unspecified atom stereocenters. The lowest BCUT2D eigenvalue weighted by Crippen LogP contribution is -2.36. The van der Waals surface area contributed by atoms with Gasteiger partial charge in [-0.15, -0.1) is 0 Å². The van der Waals surface area contributed by atoms with Gasteiger partial charge in [-0.05, 0) is 61.1 Å². The number of aromatic nitrogens is 1. The summed E-state index contributed by atoms with van der Waals surface area (Å²) in [5.74, 6) is 0. The summed E-state index contributed by atoms with van der Waals surface area (Å²) in [6.07, 6.45) is 1.45. The molecule has 0 aliphatic rings. The number of fused-ring (bicyclic) bond motifs is 1. The lowest BCUT2D eigenvalue weighted by Gasteiger charge is -2.20. The number of halogens is 1. The van der Waals surface area contributed by atoms with Gasteiger partial charge in [-0.3, -0.25) is 0 Å². The Bertz CT molecular complexity index is 646. The van der Waals surface area contributed by atoms with Crippen LogP contribution in [-0.4, -0.2) is 23.2 Å². The second-order valence-corrected chi connectivity index (χ2v) is 7.06. The summed E-state index contributed by atoms with van der Waals surface area (Å²) in [7, 11) is 0. The fourth-order valence-corrected chi connectivity index (χ4v) is 2.88. The summed E-state index contributed by atoms with van der Waals surface area (Å²) in [4.78, 5) is 14.9. The molecule has 0 bridgehead atoms. The maximum Gasteiger partial charge on any atom is 0.407 e. The SMILES string of the molecule is CC(C)(C)OC(=O)NCC(N)c1c[nH]c2cccc(I)c12. The van der Waals surface area contributed by atoms with Gasteiger partial charge in [0.15, 0.2) is 0 Å². The standard InChI is InChI=1S/C15H20IN3O2/c1-15(2,3)21-14(20)19-8-11(17)9-7-18-12-6-4-5-10(16)13(9)12/h4-7,11,18H,8,17H2,1-3H3,(H,19,20). The topological polar surface area (TPSA) is 80.1 Å². The van der Waals surface area contributed by atoms with Gasteiger partial charge in [0.1, 0.15) is 5.60 Å². The molecule has 114 valence electrons. The molecule has 0 radical (unpaired) electrons. The van der Waals surface area contributed by atoms with Crippen LogP contribution in [-0.2, 0) is 4.74 Å². The zero-order chi connectivity index (χ0) is 15.6. The van der Waals surface area contributed by atoms with Crippen molar-refractivity contribution in [2.24, 2.45) is 5.73 Å². The Labute approximate surface area is 137 Å². The predicted molar refractivity (Wildman–Crippen MR) is 92.2 cm³/mol. The first-order valence-electron chi connectivity index (χ1n) is 6.76. The number of H-pyrrole nitrogens is 1. The molecular weight excluding hydrogens is 381 g/mol. The number of hydrogen-bond acceptors (Lipinski definition) is 3. The van der Waals surface area contributed by atoms with Gasteiger partial charge in [-0.1, -0.05) is 6.07 Å². The van der Waals surface area contributed by atoms with Crippen LogP contribution in [0.4, 0.5) is 4.79 Å². The minimum atomic E-state index is -0.510. The van der Waals surface area contributed by atoms with Gasteiger partial charge in [0.25, 0.3) is 0 Å². The monoisotopic (exact) mass is 401 g/mol. The van der Waals surface area contributed by atoms with E-state index < -0.39 is 11.7 Å². The van der Waals surface area contributed by atoms with Gasteiger partial charge in [0, 0.05) is 33.3 Å². The highest BCUT2D eigenvalue weighted by atomic mass is 127. The van der Waals surface area contributed by atoms with Gasteiger partial charge in [-0.25, -0.2) is 4.79 Å². The normalized spacial score (nSPS) is 13.2. The number of ether oxygens (including phenoxy) is 1. The van der Waals surface area contributed by atoms with Gasteiger partial charge >= 0.3 is 6.09 Å². The van der Waals surface area contributed by atoms with Crippen LogP contribution >= 0.6 is 22.6 Å². The first-order chi connectivity index (χ1) is 9.78. The largest absolute Gasteiger partial charge is 0.444 e. The Balaban J connectivity index is 2.06. The third-order valence-electron chi connectivity index (χ3n) is 2.95. The fraction of sp³-hybridized carbons (Fsp3) is 0.400. The van der Waals surface area contributed by atoms with Crippen molar-refractivity contribution in [2.45, 2.75) is 32.4 Å². The molecule has 5 nitrogen and oxygen atoms in total. The molecule has 0 aliphatic carbocycles. The van der Waals surface area contributed by atoms with Crippen molar-refractivity contribution in [2.75, 3.05) is 6.54 Å². The van der Waals surface area contributed by atoms with E-state index in [1.54, 1.807) is 0 Å². The van der Waals surface area contributed by atoms with E-state index in [-0.39, 0.29) is 6.04 Å². The van der Waals surface area contributed by atoms with E-state index in [1.165, 1.54) is 0 Å². The van der Waals surface area contributed by atoms with Crippen molar-refractivity contribution in [1.29, 1.82) is 0 Å². The molecule has 2 aromatic rings. The zero-order valence-electron chi connectivity index (χ0n) is 12.4. The molecule has 21 heavy (non-hydrogen) atoms. The van der Waals surface area contributed by atoms with E-state index in [4.69, 9.17) is 10.5 Å². The number of rotatable bonds is 3. The van der Waals surface area contributed by atoms with Crippen LogP contribution in [0.3, 0.4) is 0 Å². The summed E-state index contributed by atoms with van der Waals surface area (Å²) >= 11 is 2.29. The van der Waals surface area contributed by atoms with Crippen LogP contribution in [0, 0.1) is 3.57 Å². The molecule has 1 aromatic heterocycles. The van der Waals surface area contributed by atoms with Gasteiger partial charge in [-0.2, -0.15) is 0 Å². The summed E-state index contributed by atoms with van der Waals surface area (Å²) in [6, 6.07) is 5.75. The van der Waals surface area contributed by atoms with Gasteiger partial charge in [0.05, 0.1) is 0 Å². The molecule has 1 heterocycles. The molecule has 4 N–H and O–H groups in total.